The highest BCUT2D eigenvalue weighted by molar-refractivity contribution is 7.99. The molecule has 0 fully saturated rings. The van der Waals surface area contributed by atoms with Gasteiger partial charge in [0.15, 0.2) is 0 Å². The number of nitriles is 2. The Balaban J connectivity index is 2.56. The van der Waals surface area contributed by atoms with Gasteiger partial charge in [0.05, 0.1) is 11.1 Å². The van der Waals surface area contributed by atoms with Gasteiger partial charge in [-0.25, -0.2) is 0 Å². The Hall–Kier alpha value is -1.65. The number of rotatable bonds is 5. The fourth-order valence-electron chi connectivity index (χ4n) is 1.33. The topological polar surface area (TPSA) is 59.6 Å². The molecule has 0 spiro atoms. The van der Waals surface area contributed by atoms with E-state index in [1.165, 1.54) is 0 Å². The first kappa shape index (κ1) is 13.4. The van der Waals surface area contributed by atoms with Crippen molar-refractivity contribution in [1.82, 2.24) is 0 Å². The van der Waals surface area contributed by atoms with Crippen LogP contribution in [-0.4, -0.2) is 17.5 Å². The third-order valence-corrected chi connectivity index (χ3v) is 3.25. The molecule has 1 N–H and O–H groups in total. The van der Waals surface area contributed by atoms with E-state index in [0.717, 1.165) is 18.0 Å². The summed E-state index contributed by atoms with van der Waals surface area (Å²) in [5.41, 5.74) is 1.74. The lowest BCUT2D eigenvalue weighted by Gasteiger charge is -2.08. The van der Waals surface area contributed by atoms with Crippen molar-refractivity contribution < 1.29 is 0 Å². The van der Waals surface area contributed by atoms with Crippen LogP contribution in [0.5, 0.6) is 0 Å². The van der Waals surface area contributed by atoms with Crippen LogP contribution in [0.1, 0.15) is 25.0 Å². The summed E-state index contributed by atoms with van der Waals surface area (Å²) in [6.45, 7) is 5.19. The van der Waals surface area contributed by atoms with E-state index in [4.69, 9.17) is 10.5 Å². The van der Waals surface area contributed by atoms with Gasteiger partial charge in [0, 0.05) is 18.0 Å². The largest absolute Gasteiger partial charge is 0.384 e. The zero-order valence-corrected chi connectivity index (χ0v) is 10.8. The molecule has 88 valence electrons. The van der Waals surface area contributed by atoms with Gasteiger partial charge < -0.3 is 5.32 Å². The van der Waals surface area contributed by atoms with Crippen LogP contribution in [0.15, 0.2) is 18.2 Å². The van der Waals surface area contributed by atoms with Gasteiger partial charge in [-0.2, -0.15) is 22.3 Å². The Bertz CT molecular complexity index is 455. The first-order valence-electron chi connectivity index (χ1n) is 5.47. The summed E-state index contributed by atoms with van der Waals surface area (Å²) in [6.07, 6.45) is 0. The highest BCUT2D eigenvalue weighted by atomic mass is 32.2. The summed E-state index contributed by atoms with van der Waals surface area (Å²) in [4.78, 5) is 0. The Labute approximate surface area is 106 Å². The van der Waals surface area contributed by atoms with Crippen molar-refractivity contribution in [3.63, 3.8) is 0 Å². The van der Waals surface area contributed by atoms with Gasteiger partial charge in [0.2, 0.25) is 0 Å². The Morgan fingerprint density at radius 1 is 1.24 bits per heavy atom. The number of nitrogens with one attached hydrogen (secondary N) is 1. The first-order chi connectivity index (χ1) is 8.17. The molecular formula is C13H15N3S. The van der Waals surface area contributed by atoms with Crippen molar-refractivity contribution >= 4 is 17.4 Å². The standard InChI is InChI=1S/C13H15N3S/c1-10(2)17-6-5-16-13-4-3-11(8-14)12(7-13)9-15/h3-4,7,10,16H,5-6H2,1-2H3. The van der Waals surface area contributed by atoms with E-state index < -0.39 is 0 Å². The molecule has 0 saturated carbocycles. The number of hydrogen-bond donors (Lipinski definition) is 1. The van der Waals surface area contributed by atoms with Crippen LogP contribution >= 0.6 is 11.8 Å². The molecule has 3 nitrogen and oxygen atoms in total. The summed E-state index contributed by atoms with van der Waals surface area (Å²) in [5.74, 6) is 1.03. The molecule has 0 unspecified atom stereocenters. The van der Waals surface area contributed by atoms with Crippen LogP contribution in [0.4, 0.5) is 5.69 Å². The van der Waals surface area contributed by atoms with Gasteiger partial charge in [0.25, 0.3) is 0 Å². The maximum absolute atomic E-state index is 8.89. The molecule has 0 bridgehead atoms. The van der Waals surface area contributed by atoms with Gasteiger partial charge in [0.1, 0.15) is 12.1 Å². The molecule has 1 rings (SSSR count). The van der Waals surface area contributed by atoms with E-state index in [1.54, 1.807) is 12.1 Å². The lowest BCUT2D eigenvalue weighted by Crippen LogP contribution is -2.06. The second kappa shape index (κ2) is 6.83. The van der Waals surface area contributed by atoms with Gasteiger partial charge in [-0.15, -0.1) is 0 Å². The molecule has 0 radical (unpaired) electrons. The molecule has 0 atom stereocenters. The maximum Gasteiger partial charge on any atom is 0.101 e. The van der Waals surface area contributed by atoms with Crippen molar-refractivity contribution in [3.8, 4) is 12.1 Å². The van der Waals surface area contributed by atoms with Crippen molar-refractivity contribution in [3.05, 3.63) is 29.3 Å². The quantitative estimate of drug-likeness (QED) is 0.810. The van der Waals surface area contributed by atoms with Gasteiger partial charge in [-0.1, -0.05) is 13.8 Å². The highest BCUT2D eigenvalue weighted by Gasteiger charge is 2.02. The van der Waals surface area contributed by atoms with E-state index in [-0.39, 0.29) is 0 Å². The zero-order valence-electron chi connectivity index (χ0n) is 10.0. The second-order valence-electron chi connectivity index (χ2n) is 3.83. The van der Waals surface area contributed by atoms with Crippen LogP contribution in [-0.2, 0) is 0 Å². The lowest BCUT2D eigenvalue weighted by molar-refractivity contribution is 1.10. The first-order valence-corrected chi connectivity index (χ1v) is 6.52. The van der Waals surface area contributed by atoms with Crippen LogP contribution < -0.4 is 5.32 Å². The fraction of sp³-hybridized carbons (Fsp3) is 0.385. The minimum absolute atomic E-state index is 0.425. The Morgan fingerprint density at radius 2 is 1.94 bits per heavy atom. The maximum atomic E-state index is 8.89. The normalized spacial score (nSPS) is 9.71. The minimum atomic E-state index is 0.425. The van der Waals surface area contributed by atoms with Crippen molar-refractivity contribution in [2.24, 2.45) is 0 Å². The molecule has 1 aromatic rings. The summed E-state index contributed by atoms with van der Waals surface area (Å²) < 4.78 is 0. The third-order valence-electron chi connectivity index (χ3n) is 2.14. The number of thioether (sulfide) groups is 1. The van der Waals surface area contributed by atoms with E-state index >= 15 is 0 Å². The van der Waals surface area contributed by atoms with E-state index in [9.17, 15) is 0 Å². The van der Waals surface area contributed by atoms with Crippen LogP contribution in [0.25, 0.3) is 0 Å². The summed E-state index contributed by atoms with van der Waals surface area (Å²) in [7, 11) is 0. The van der Waals surface area contributed by atoms with Crippen molar-refractivity contribution in [2.75, 3.05) is 17.6 Å². The van der Waals surface area contributed by atoms with Gasteiger partial charge in [-0.05, 0) is 23.4 Å². The van der Waals surface area contributed by atoms with Crippen molar-refractivity contribution in [2.45, 2.75) is 19.1 Å². The minimum Gasteiger partial charge on any atom is -0.384 e. The second-order valence-corrected chi connectivity index (χ2v) is 5.51. The van der Waals surface area contributed by atoms with Gasteiger partial charge >= 0.3 is 0 Å². The smallest absolute Gasteiger partial charge is 0.101 e. The molecule has 4 heteroatoms. The monoisotopic (exact) mass is 245 g/mol. The molecule has 0 aliphatic carbocycles. The van der Waals surface area contributed by atoms with E-state index in [0.29, 0.717) is 16.4 Å². The molecule has 0 amide bonds. The predicted molar refractivity (Wildman–Crippen MR) is 72.0 cm³/mol. The number of anilines is 1. The summed E-state index contributed by atoms with van der Waals surface area (Å²) in [5, 5.41) is 21.6. The molecular weight excluding hydrogens is 230 g/mol. The van der Waals surface area contributed by atoms with Crippen molar-refractivity contribution in [1.29, 1.82) is 10.5 Å². The molecule has 0 aliphatic rings. The molecule has 0 heterocycles. The highest BCUT2D eigenvalue weighted by Crippen LogP contribution is 2.15. The van der Waals surface area contributed by atoms with Gasteiger partial charge in [-0.3, -0.25) is 0 Å². The molecule has 1 aromatic carbocycles. The summed E-state index contributed by atoms with van der Waals surface area (Å²) >= 11 is 1.89. The molecule has 0 aromatic heterocycles. The third kappa shape index (κ3) is 4.38. The van der Waals surface area contributed by atoms with Crippen LogP contribution in [0.3, 0.4) is 0 Å². The zero-order chi connectivity index (χ0) is 12.7. The number of hydrogen-bond acceptors (Lipinski definition) is 4. The molecule has 0 aliphatic heterocycles. The Morgan fingerprint density at radius 3 is 2.53 bits per heavy atom. The average molecular weight is 245 g/mol. The van der Waals surface area contributed by atoms with E-state index in [2.05, 4.69) is 19.2 Å². The average Bonchev–Trinajstić information content (AvgIpc) is 2.34. The fourth-order valence-corrected chi connectivity index (χ4v) is 2.03. The SMILES string of the molecule is CC(C)SCCNc1ccc(C#N)c(C#N)c1. The van der Waals surface area contributed by atoms with Crippen LogP contribution in [0, 0.1) is 22.7 Å². The number of benzene rings is 1. The summed E-state index contributed by atoms with van der Waals surface area (Å²) in [6, 6.07) is 9.26. The van der Waals surface area contributed by atoms with Crippen LogP contribution in [0.2, 0.25) is 0 Å². The number of nitrogens with zero attached hydrogens (tertiary/aromatic N) is 2. The molecule has 17 heavy (non-hydrogen) atoms. The predicted octanol–water partition coefficient (Wildman–Crippen LogP) is 2.98. The van der Waals surface area contributed by atoms with E-state index in [1.807, 2.05) is 30.0 Å². The Kier molecular flexibility index (Phi) is 5.39. The lowest BCUT2D eigenvalue weighted by atomic mass is 10.1. The molecule has 0 saturated heterocycles.